The molecule has 0 aliphatic heterocycles. The predicted molar refractivity (Wildman–Crippen MR) is 87.0 cm³/mol. The Hall–Kier alpha value is -2.01. The van der Waals surface area contributed by atoms with Crippen LogP contribution in [0.15, 0.2) is 48.5 Å². The van der Waals surface area contributed by atoms with Crippen LogP contribution in [0.5, 0.6) is 5.75 Å². The van der Waals surface area contributed by atoms with Crippen molar-refractivity contribution in [1.29, 1.82) is 0 Å². The molecule has 0 aromatic heterocycles. The molecule has 2 aromatic carbocycles. The first-order chi connectivity index (χ1) is 11.4. The first-order valence-corrected chi connectivity index (χ1v) is 7.82. The summed E-state index contributed by atoms with van der Waals surface area (Å²) in [6.07, 6.45) is -4.57. The summed E-state index contributed by atoms with van der Waals surface area (Å²) in [4.78, 5) is 0. The summed E-state index contributed by atoms with van der Waals surface area (Å²) in [6, 6.07) is 12.6. The summed E-state index contributed by atoms with van der Waals surface area (Å²) in [5.41, 5.74) is 0.362. The molecule has 5 heteroatoms. The molecule has 0 aliphatic rings. The van der Waals surface area contributed by atoms with Gasteiger partial charge in [0.1, 0.15) is 5.75 Å². The number of halogens is 3. The third-order valence-corrected chi connectivity index (χ3v) is 4.04. The Bertz CT molecular complexity index is 650. The van der Waals surface area contributed by atoms with Gasteiger partial charge in [-0.1, -0.05) is 44.2 Å². The lowest BCUT2D eigenvalue weighted by Gasteiger charge is -2.22. The number of methoxy groups -OCH3 is 1. The van der Waals surface area contributed by atoms with E-state index in [2.05, 4.69) is 13.8 Å². The molecular weight excluding hydrogens is 317 g/mol. The van der Waals surface area contributed by atoms with E-state index >= 15 is 0 Å². The summed E-state index contributed by atoms with van der Waals surface area (Å²) in [5.74, 6) is 0.883. The van der Waals surface area contributed by atoms with Gasteiger partial charge in [-0.15, -0.1) is 0 Å². The van der Waals surface area contributed by atoms with Crippen molar-refractivity contribution in [2.45, 2.75) is 38.7 Å². The summed E-state index contributed by atoms with van der Waals surface area (Å²) < 4.78 is 50.2. The zero-order chi connectivity index (χ0) is 17.7. The average Bonchev–Trinajstić information content (AvgIpc) is 2.58. The summed E-state index contributed by atoms with van der Waals surface area (Å²) in [7, 11) is 1.32. The van der Waals surface area contributed by atoms with Crippen LogP contribution in [0.25, 0.3) is 0 Å². The molecule has 0 fully saturated rings. The van der Waals surface area contributed by atoms with Gasteiger partial charge in [-0.25, -0.2) is 0 Å². The zero-order valence-corrected chi connectivity index (χ0v) is 13.9. The van der Waals surface area contributed by atoms with Crippen LogP contribution >= 0.6 is 0 Å². The summed E-state index contributed by atoms with van der Waals surface area (Å²) in [6.45, 7) is 4.22. The van der Waals surface area contributed by atoms with E-state index in [-0.39, 0.29) is 5.56 Å². The lowest BCUT2D eigenvalue weighted by Crippen LogP contribution is -2.17. The average molecular weight is 338 g/mol. The molecule has 0 radical (unpaired) electrons. The van der Waals surface area contributed by atoms with Crippen molar-refractivity contribution < 1.29 is 22.6 Å². The van der Waals surface area contributed by atoms with Gasteiger partial charge in [-0.05, 0) is 36.1 Å². The molecule has 0 heterocycles. The monoisotopic (exact) mass is 338 g/mol. The molecule has 2 aromatic rings. The van der Waals surface area contributed by atoms with Gasteiger partial charge in [-0.2, -0.15) is 13.2 Å². The fraction of sp³-hybridized carbons (Fsp3) is 0.368. The third kappa shape index (κ3) is 4.29. The van der Waals surface area contributed by atoms with Gasteiger partial charge < -0.3 is 9.47 Å². The molecule has 2 atom stereocenters. The van der Waals surface area contributed by atoms with Crippen molar-refractivity contribution in [3.63, 3.8) is 0 Å². The van der Waals surface area contributed by atoms with Crippen LogP contribution in [0, 0.1) is 0 Å². The van der Waals surface area contributed by atoms with Gasteiger partial charge in [0.25, 0.3) is 0 Å². The first-order valence-electron chi connectivity index (χ1n) is 7.82. The lowest BCUT2D eigenvalue weighted by molar-refractivity contribution is -0.142. The topological polar surface area (TPSA) is 18.5 Å². The second-order valence-corrected chi connectivity index (χ2v) is 5.65. The van der Waals surface area contributed by atoms with Crippen LogP contribution in [0.4, 0.5) is 13.2 Å². The Kier molecular flexibility index (Phi) is 5.89. The van der Waals surface area contributed by atoms with Crippen LogP contribution in [-0.4, -0.2) is 7.11 Å². The Balaban J connectivity index is 2.25. The van der Waals surface area contributed by atoms with E-state index in [1.165, 1.54) is 25.3 Å². The number of ether oxygens (including phenoxy) is 2. The van der Waals surface area contributed by atoms with E-state index in [0.717, 1.165) is 18.1 Å². The molecule has 130 valence electrons. The lowest BCUT2D eigenvalue weighted by atomic mass is 9.99. The normalized spacial score (nSPS) is 14.2. The van der Waals surface area contributed by atoms with Gasteiger partial charge in [0.05, 0.1) is 5.56 Å². The van der Waals surface area contributed by atoms with Gasteiger partial charge >= 0.3 is 6.18 Å². The van der Waals surface area contributed by atoms with E-state index in [0.29, 0.717) is 11.7 Å². The number of benzene rings is 2. The van der Waals surface area contributed by atoms with E-state index in [1.54, 1.807) is 12.1 Å². The standard InChI is InChI=1S/C19H21F3O2/c1-4-13(2)14-9-11-15(12-10-14)24-18(23-3)16-7-5-6-8-17(16)19(20,21)22/h5-13,18H,4H2,1-3H3. The molecule has 0 saturated carbocycles. The molecular formula is C19H21F3O2. The largest absolute Gasteiger partial charge is 0.461 e. The molecule has 2 nitrogen and oxygen atoms in total. The Morgan fingerprint density at radius 1 is 1.00 bits per heavy atom. The number of hydrogen-bond acceptors (Lipinski definition) is 2. The summed E-state index contributed by atoms with van der Waals surface area (Å²) >= 11 is 0. The minimum atomic E-state index is -4.46. The minimum Gasteiger partial charge on any atom is -0.461 e. The van der Waals surface area contributed by atoms with Crippen LogP contribution in [0.2, 0.25) is 0 Å². The number of hydrogen-bond donors (Lipinski definition) is 0. The summed E-state index contributed by atoms with van der Waals surface area (Å²) in [5, 5.41) is 0. The molecule has 0 spiro atoms. The number of alkyl halides is 3. The highest BCUT2D eigenvalue weighted by molar-refractivity contribution is 5.33. The molecule has 0 aliphatic carbocycles. The van der Waals surface area contributed by atoms with Gasteiger partial charge in [0.15, 0.2) is 0 Å². The SMILES string of the molecule is CCC(C)c1ccc(OC(OC)c2ccccc2C(F)(F)F)cc1. The van der Waals surface area contributed by atoms with Crippen molar-refractivity contribution in [2.75, 3.05) is 7.11 Å². The van der Waals surface area contributed by atoms with Crippen molar-refractivity contribution in [3.8, 4) is 5.75 Å². The van der Waals surface area contributed by atoms with Gasteiger partial charge in [0.2, 0.25) is 6.29 Å². The van der Waals surface area contributed by atoms with E-state index in [4.69, 9.17) is 9.47 Å². The predicted octanol–water partition coefficient (Wildman–Crippen LogP) is 5.94. The quantitative estimate of drug-likeness (QED) is 0.607. The Morgan fingerprint density at radius 3 is 2.17 bits per heavy atom. The third-order valence-electron chi connectivity index (χ3n) is 4.04. The van der Waals surface area contributed by atoms with Gasteiger partial charge in [0, 0.05) is 12.7 Å². The first kappa shape index (κ1) is 18.3. The smallest absolute Gasteiger partial charge is 0.416 e. The molecule has 0 amide bonds. The zero-order valence-electron chi connectivity index (χ0n) is 13.9. The molecule has 0 bridgehead atoms. The van der Waals surface area contributed by atoms with Crippen molar-refractivity contribution in [2.24, 2.45) is 0 Å². The fourth-order valence-electron chi connectivity index (χ4n) is 2.43. The van der Waals surface area contributed by atoms with Crippen molar-refractivity contribution in [1.82, 2.24) is 0 Å². The second-order valence-electron chi connectivity index (χ2n) is 5.65. The van der Waals surface area contributed by atoms with Crippen LogP contribution in [-0.2, 0) is 10.9 Å². The molecule has 2 unspecified atom stereocenters. The fourth-order valence-corrected chi connectivity index (χ4v) is 2.43. The van der Waals surface area contributed by atoms with Crippen LogP contribution in [0.3, 0.4) is 0 Å². The minimum absolute atomic E-state index is 0.0431. The maximum absolute atomic E-state index is 13.2. The number of rotatable bonds is 6. The Labute approximate surface area is 140 Å². The highest BCUT2D eigenvalue weighted by Gasteiger charge is 2.35. The molecule has 24 heavy (non-hydrogen) atoms. The van der Waals surface area contributed by atoms with E-state index in [9.17, 15) is 13.2 Å². The van der Waals surface area contributed by atoms with Crippen LogP contribution in [0.1, 0.15) is 49.2 Å². The van der Waals surface area contributed by atoms with Crippen LogP contribution < -0.4 is 4.74 Å². The molecule has 0 N–H and O–H groups in total. The van der Waals surface area contributed by atoms with Crippen molar-refractivity contribution >= 4 is 0 Å². The van der Waals surface area contributed by atoms with Gasteiger partial charge in [-0.3, -0.25) is 0 Å². The van der Waals surface area contributed by atoms with E-state index in [1.807, 2.05) is 12.1 Å². The Morgan fingerprint density at radius 2 is 1.62 bits per heavy atom. The highest BCUT2D eigenvalue weighted by Crippen LogP contribution is 2.36. The molecule has 0 saturated heterocycles. The van der Waals surface area contributed by atoms with Crippen molar-refractivity contribution in [3.05, 3.63) is 65.2 Å². The maximum atomic E-state index is 13.2. The molecule has 2 rings (SSSR count). The van der Waals surface area contributed by atoms with E-state index < -0.39 is 18.0 Å². The highest BCUT2D eigenvalue weighted by atomic mass is 19.4. The maximum Gasteiger partial charge on any atom is 0.416 e. The second kappa shape index (κ2) is 7.71.